The molecule has 1 fully saturated rings. The number of aromatic nitrogens is 1. The molecule has 1 aliphatic heterocycles. The van der Waals surface area contributed by atoms with E-state index in [9.17, 15) is 0 Å². The second-order valence-electron chi connectivity index (χ2n) is 8.21. The third-order valence-corrected chi connectivity index (χ3v) is 4.04. The third kappa shape index (κ3) is 5.31. The molecule has 3 heteroatoms. The first kappa shape index (κ1) is 16.3. The molecule has 0 unspecified atom stereocenters. The Bertz CT molecular complexity index is 426. The first-order valence-electron chi connectivity index (χ1n) is 8.19. The fourth-order valence-corrected chi connectivity index (χ4v) is 3.72. The first-order chi connectivity index (χ1) is 9.75. The largest absolute Gasteiger partial charge is 0.357 e. The summed E-state index contributed by atoms with van der Waals surface area (Å²) in [5.41, 5.74) is 0.571. The van der Waals surface area contributed by atoms with E-state index in [1.54, 1.807) is 0 Å². The predicted molar refractivity (Wildman–Crippen MR) is 90.8 cm³/mol. The zero-order valence-electron chi connectivity index (χ0n) is 14.3. The SMILES string of the molecule is CC(C)(C)CC(C)(C)NC1CCN(c2ccccn2)CC1. The Morgan fingerprint density at radius 3 is 2.33 bits per heavy atom. The summed E-state index contributed by atoms with van der Waals surface area (Å²) in [5, 5.41) is 3.88. The van der Waals surface area contributed by atoms with Crippen LogP contribution in [0, 0.1) is 5.41 Å². The lowest BCUT2D eigenvalue weighted by Crippen LogP contribution is -2.52. The van der Waals surface area contributed by atoms with E-state index < -0.39 is 0 Å². The number of piperidine rings is 1. The minimum atomic E-state index is 0.204. The van der Waals surface area contributed by atoms with Crippen molar-refractivity contribution >= 4 is 5.82 Å². The van der Waals surface area contributed by atoms with E-state index in [1.807, 2.05) is 12.3 Å². The topological polar surface area (TPSA) is 28.2 Å². The van der Waals surface area contributed by atoms with Gasteiger partial charge in [-0.15, -0.1) is 0 Å². The monoisotopic (exact) mass is 289 g/mol. The van der Waals surface area contributed by atoms with Gasteiger partial charge in [-0.25, -0.2) is 4.98 Å². The summed E-state index contributed by atoms with van der Waals surface area (Å²) >= 11 is 0. The van der Waals surface area contributed by atoms with Gasteiger partial charge in [-0.05, 0) is 50.7 Å². The average Bonchev–Trinajstić information content (AvgIpc) is 2.37. The number of nitrogens with one attached hydrogen (secondary N) is 1. The summed E-state index contributed by atoms with van der Waals surface area (Å²) in [6, 6.07) is 6.78. The molecular formula is C18H31N3. The highest BCUT2D eigenvalue weighted by atomic mass is 15.2. The van der Waals surface area contributed by atoms with Crippen molar-refractivity contribution in [3.05, 3.63) is 24.4 Å². The van der Waals surface area contributed by atoms with Gasteiger partial charge in [0.25, 0.3) is 0 Å². The highest BCUT2D eigenvalue weighted by molar-refractivity contribution is 5.38. The van der Waals surface area contributed by atoms with Crippen LogP contribution in [-0.2, 0) is 0 Å². The van der Waals surface area contributed by atoms with E-state index in [4.69, 9.17) is 0 Å². The molecule has 0 atom stereocenters. The Morgan fingerprint density at radius 2 is 1.81 bits per heavy atom. The molecule has 118 valence electrons. The van der Waals surface area contributed by atoms with Crippen LogP contribution >= 0.6 is 0 Å². The zero-order valence-corrected chi connectivity index (χ0v) is 14.3. The summed E-state index contributed by atoms with van der Waals surface area (Å²) < 4.78 is 0. The van der Waals surface area contributed by atoms with Gasteiger partial charge in [0, 0.05) is 30.9 Å². The molecule has 0 aromatic carbocycles. The lowest BCUT2D eigenvalue weighted by atomic mass is 9.81. The van der Waals surface area contributed by atoms with Crippen molar-refractivity contribution in [2.24, 2.45) is 5.41 Å². The Labute approximate surface area is 130 Å². The normalized spacial score (nSPS) is 18.0. The maximum absolute atomic E-state index is 4.46. The highest BCUT2D eigenvalue weighted by Gasteiger charge is 2.29. The van der Waals surface area contributed by atoms with Crippen LogP contribution in [-0.4, -0.2) is 29.7 Å². The number of hydrogen-bond acceptors (Lipinski definition) is 3. The number of rotatable bonds is 4. The smallest absolute Gasteiger partial charge is 0.128 e. The molecule has 21 heavy (non-hydrogen) atoms. The molecule has 1 aliphatic rings. The van der Waals surface area contributed by atoms with E-state index in [0.29, 0.717) is 11.5 Å². The van der Waals surface area contributed by atoms with Crippen molar-refractivity contribution < 1.29 is 0 Å². The van der Waals surface area contributed by atoms with Gasteiger partial charge >= 0.3 is 0 Å². The van der Waals surface area contributed by atoms with Gasteiger partial charge in [-0.2, -0.15) is 0 Å². The van der Waals surface area contributed by atoms with Crippen molar-refractivity contribution in [2.75, 3.05) is 18.0 Å². The molecule has 1 saturated heterocycles. The van der Waals surface area contributed by atoms with Crippen LogP contribution in [0.15, 0.2) is 24.4 Å². The molecule has 0 aliphatic carbocycles. The van der Waals surface area contributed by atoms with Crippen LogP contribution in [0.5, 0.6) is 0 Å². The Kier molecular flexibility index (Phi) is 4.92. The minimum Gasteiger partial charge on any atom is -0.357 e. The van der Waals surface area contributed by atoms with Crippen LogP contribution in [0.1, 0.15) is 53.9 Å². The van der Waals surface area contributed by atoms with Crippen LogP contribution in [0.4, 0.5) is 5.82 Å². The van der Waals surface area contributed by atoms with E-state index in [1.165, 1.54) is 19.3 Å². The predicted octanol–water partition coefficient (Wildman–Crippen LogP) is 3.85. The quantitative estimate of drug-likeness (QED) is 0.912. The second kappa shape index (κ2) is 6.35. The van der Waals surface area contributed by atoms with Gasteiger partial charge in [0.05, 0.1) is 0 Å². The Morgan fingerprint density at radius 1 is 1.14 bits per heavy atom. The molecule has 1 aromatic heterocycles. The van der Waals surface area contributed by atoms with Crippen molar-refractivity contribution in [2.45, 2.75) is 65.5 Å². The molecule has 1 aromatic rings. The molecule has 0 radical (unpaired) electrons. The molecule has 0 bridgehead atoms. The van der Waals surface area contributed by atoms with Gasteiger partial charge in [0.15, 0.2) is 0 Å². The number of anilines is 1. The molecule has 2 heterocycles. The Balaban J connectivity index is 1.84. The summed E-state index contributed by atoms with van der Waals surface area (Å²) in [6.07, 6.45) is 5.47. The van der Waals surface area contributed by atoms with E-state index in [0.717, 1.165) is 18.9 Å². The summed E-state index contributed by atoms with van der Waals surface area (Å²) in [6.45, 7) is 13.8. The number of hydrogen-bond donors (Lipinski definition) is 1. The van der Waals surface area contributed by atoms with E-state index in [-0.39, 0.29) is 5.54 Å². The molecule has 1 N–H and O–H groups in total. The molecule has 0 amide bonds. The standard InChI is InChI=1S/C18H31N3/c1-17(2,3)14-18(4,5)20-15-9-12-21(13-10-15)16-8-6-7-11-19-16/h6-8,11,15,20H,9-10,12-14H2,1-5H3. The molecule has 0 spiro atoms. The maximum Gasteiger partial charge on any atom is 0.128 e. The zero-order chi connectivity index (χ0) is 15.5. The van der Waals surface area contributed by atoms with Crippen LogP contribution in [0.25, 0.3) is 0 Å². The van der Waals surface area contributed by atoms with Gasteiger partial charge in [0.2, 0.25) is 0 Å². The van der Waals surface area contributed by atoms with Crippen molar-refractivity contribution in [3.8, 4) is 0 Å². The van der Waals surface area contributed by atoms with Crippen LogP contribution < -0.4 is 10.2 Å². The first-order valence-corrected chi connectivity index (χ1v) is 8.19. The van der Waals surface area contributed by atoms with Crippen LogP contribution in [0.3, 0.4) is 0 Å². The van der Waals surface area contributed by atoms with Crippen LogP contribution in [0.2, 0.25) is 0 Å². The fourth-order valence-electron chi connectivity index (χ4n) is 3.72. The molecule has 3 nitrogen and oxygen atoms in total. The van der Waals surface area contributed by atoms with Gasteiger partial charge < -0.3 is 10.2 Å². The summed E-state index contributed by atoms with van der Waals surface area (Å²) in [5.74, 6) is 1.12. The average molecular weight is 289 g/mol. The third-order valence-electron chi connectivity index (χ3n) is 4.04. The van der Waals surface area contributed by atoms with Gasteiger partial charge in [0.1, 0.15) is 5.82 Å². The fraction of sp³-hybridized carbons (Fsp3) is 0.722. The summed E-state index contributed by atoms with van der Waals surface area (Å²) in [7, 11) is 0. The number of pyridine rings is 1. The summed E-state index contributed by atoms with van der Waals surface area (Å²) in [4.78, 5) is 6.85. The molecule has 0 saturated carbocycles. The van der Waals surface area contributed by atoms with E-state index >= 15 is 0 Å². The lowest BCUT2D eigenvalue weighted by molar-refractivity contribution is 0.211. The second-order valence-corrected chi connectivity index (χ2v) is 8.21. The molecule has 2 rings (SSSR count). The van der Waals surface area contributed by atoms with Crippen molar-refractivity contribution in [1.82, 2.24) is 10.3 Å². The minimum absolute atomic E-state index is 0.204. The maximum atomic E-state index is 4.46. The lowest BCUT2D eigenvalue weighted by Gasteiger charge is -2.40. The highest BCUT2D eigenvalue weighted by Crippen LogP contribution is 2.28. The van der Waals surface area contributed by atoms with Crippen molar-refractivity contribution in [1.29, 1.82) is 0 Å². The Hall–Kier alpha value is -1.09. The van der Waals surface area contributed by atoms with Crippen molar-refractivity contribution in [3.63, 3.8) is 0 Å². The molecular weight excluding hydrogens is 258 g/mol. The van der Waals surface area contributed by atoms with E-state index in [2.05, 4.69) is 62.0 Å². The van der Waals surface area contributed by atoms with Gasteiger partial charge in [-0.1, -0.05) is 26.8 Å². The number of nitrogens with zero attached hydrogens (tertiary/aromatic N) is 2. The van der Waals surface area contributed by atoms with Gasteiger partial charge in [-0.3, -0.25) is 0 Å².